The third-order valence-corrected chi connectivity index (χ3v) is 5.04. The number of nitrogen functional groups attached to an aromatic ring is 1. The van der Waals surface area contributed by atoms with Crippen molar-refractivity contribution in [1.29, 1.82) is 0 Å². The van der Waals surface area contributed by atoms with E-state index in [0.717, 1.165) is 12.8 Å². The number of carbonyl (C=O) groups is 1. The molecule has 1 amide bonds. The van der Waals surface area contributed by atoms with Crippen molar-refractivity contribution < 1.29 is 13.2 Å². The van der Waals surface area contributed by atoms with Crippen molar-refractivity contribution in [3.8, 4) is 0 Å². The van der Waals surface area contributed by atoms with E-state index in [0.29, 0.717) is 0 Å². The highest BCUT2D eigenvalue weighted by atomic mass is 32.2. The van der Waals surface area contributed by atoms with E-state index in [1.165, 1.54) is 19.2 Å². The molecule has 1 aromatic rings. The Kier molecular flexibility index (Phi) is 5.50. The van der Waals surface area contributed by atoms with E-state index in [4.69, 9.17) is 5.73 Å². The minimum Gasteiger partial charge on any atom is -0.396 e. The van der Waals surface area contributed by atoms with Crippen LogP contribution in [-0.2, 0) is 14.6 Å². The van der Waals surface area contributed by atoms with Crippen molar-refractivity contribution in [2.45, 2.75) is 49.9 Å². The number of amides is 1. The van der Waals surface area contributed by atoms with Gasteiger partial charge in [-0.2, -0.15) is 0 Å². The van der Waals surface area contributed by atoms with Crippen LogP contribution in [0, 0.1) is 0 Å². The number of hydrogen-bond donors (Lipinski definition) is 2. The lowest BCUT2D eigenvalue weighted by Gasteiger charge is -2.17. The molecule has 0 bridgehead atoms. The summed E-state index contributed by atoms with van der Waals surface area (Å²) in [7, 11) is -3.88. The van der Waals surface area contributed by atoms with Crippen molar-refractivity contribution in [2.24, 2.45) is 0 Å². The van der Waals surface area contributed by atoms with Crippen molar-refractivity contribution in [3.05, 3.63) is 18.3 Å². The average Bonchev–Trinajstić information content (AvgIpc) is 2.38. The summed E-state index contributed by atoms with van der Waals surface area (Å²) in [5.74, 6) is -0.531. The highest BCUT2D eigenvalue weighted by Crippen LogP contribution is 2.19. The van der Waals surface area contributed by atoms with Crippen LogP contribution >= 0.6 is 0 Å². The minimum absolute atomic E-state index is 0.0498. The normalized spacial score (nSPS) is 14.6. The first-order valence-electron chi connectivity index (χ1n) is 6.55. The van der Waals surface area contributed by atoms with E-state index in [2.05, 4.69) is 10.3 Å². The molecule has 0 radical (unpaired) electrons. The predicted octanol–water partition coefficient (Wildman–Crippen LogP) is 1.13. The number of sulfone groups is 1. The first kappa shape index (κ1) is 16.4. The highest BCUT2D eigenvalue weighted by molar-refractivity contribution is 7.92. The fraction of sp³-hybridized carbons (Fsp3) is 0.538. The van der Waals surface area contributed by atoms with Crippen molar-refractivity contribution in [2.75, 3.05) is 5.73 Å². The molecule has 0 aliphatic carbocycles. The third kappa shape index (κ3) is 3.69. The topological polar surface area (TPSA) is 102 Å². The Labute approximate surface area is 119 Å². The molecular formula is C13H21N3O3S. The predicted molar refractivity (Wildman–Crippen MR) is 77.8 cm³/mol. The van der Waals surface area contributed by atoms with E-state index in [9.17, 15) is 13.2 Å². The Bertz CT molecular complexity index is 572. The molecule has 0 aliphatic rings. The van der Waals surface area contributed by atoms with Crippen LogP contribution in [0.1, 0.15) is 33.6 Å². The molecule has 112 valence electrons. The van der Waals surface area contributed by atoms with Gasteiger partial charge in [0.15, 0.2) is 5.03 Å². The van der Waals surface area contributed by atoms with Gasteiger partial charge in [0.1, 0.15) is 5.25 Å². The fourth-order valence-electron chi connectivity index (χ4n) is 1.81. The molecule has 0 saturated carbocycles. The van der Waals surface area contributed by atoms with Gasteiger partial charge in [-0.05, 0) is 32.4 Å². The van der Waals surface area contributed by atoms with Gasteiger partial charge in [-0.3, -0.25) is 4.79 Å². The fourth-order valence-corrected chi connectivity index (χ4v) is 3.10. The van der Waals surface area contributed by atoms with Gasteiger partial charge in [-0.1, -0.05) is 13.3 Å². The Balaban J connectivity index is 2.93. The van der Waals surface area contributed by atoms with Gasteiger partial charge in [-0.15, -0.1) is 0 Å². The monoisotopic (exact) mass is 299 g/mol. The first-order valence-corrected chi connectivity index (χ1v) is 8.10. The molecule has 7 heteroatoms. The summed E-state index contributed by atoms with van der Waals surface area (Å²) >= 11 is 0. The molecule has 1 aromatic heterocycles. The van der Waals surface area contributed by atoms with Gasteiger partial charge in [0.25, 0.3) is 0 Å². The number of nitrogens with one attached hydrogen (secondary N) is 1. The molecule has 2 unspecified atom stereocenters. The molecule has 0 spiro atoms. The lowest BCUT2D eigenvalue weighted by Crippen LogP contribution is -2.42. The smallest absolute Gasteiger partial charge is 0.238 e. The van der Waals surface area contributed by atoms with Gasteiger partial charge >= 0.3 is 0 Å². The summed E-state index contributed by atoms with van der Waals surface area (Å²) in [6, 6.07) is 2.93. The zero-order valence-corrected chi connectivity index (χ0v) is 12.8. The van der Waals surface area contributed by atoms with Crippen LogP contribution < -0.4 is 11.1 Å². The maximum Gasteiger partial charge on any atom is 0.238 e. The van der Waals surface area contributed by atoms with Gasteiger partial charge in [0, 0.05) is 12.2 Å². The molecule has 6 nitrogen and oxygen atoms in total. The molecule has 1 rings (SSSR count). The lowest BCUT2D eigenvalue weighted by atomic mass is 10.2. The van der Waals surface area contributed by atoms with E-state index in [1.807, 2.05) is 13.8 Å². The summed E-state index contributed by atoms with van der Waals surface area (Å²) in [6.45, 7) is 5.19. The number of hydrogen-bond acceptors (Lipinski definition) is 5. The number of rotatable bonds is 6. The summed E-state index contributed by atoms with van der Waals surface area (Å²) in [5, 5.41) is 1.22. The quantitative estimate of drug-likeness (QED) is 0.819. The zero-order chi connectivity index (χ0) is 15.3. The second-order valence-electron chi connectivity index (χ2n) is 4.78. The van der Waals surface area contributed by atoms with Crippen LogP contribution in [0.15, 0.2) is 23.4 Å². The molecule has 20 heavy (non-hydrogen) atoms. The number of carbonyl (C=O) groups excluding carboxylic acids is 1. The molecule has 3 N–H and O–H groups in total. The summed E-state index contributed by atoms with van der Waals surface area (Å²) < 4.78 is 24.7. The maximum atomic E-state index is 12.3. The molecule has 0 aliphatic heterocycles. The summed E-state index contributed by atoms with van der Waals surface area (Å²) in [4.78, 5) is 15.8. The largest absolute Gasteiger partial charge is 0.396 e. The van der Waals surface area contributed by atoms with E-state index >= 15 is 0 Å². The number of anilines is 1. The maximum absolute atomic E-state index is 12.3. The second kappa shape index (κ2) is 6.69. The molecule has 0 aromatic carbocycles. The number of pyridine rings is 1. The molecule has 0 saturated heterocycles. The Morgan fingerprint density at radius 3 is 2.65 bits per heavy atom. The summed E-state index contributed by atoms with van der Waals surface area (Å²) in [5.41, 5.74) is 5.67. The standard InChI is InChI=1S/C13H21N3O3S/c1-4-6-9(2)16-12(17)10(3)20(18,19)13-11(14)7-5-8-15-13/h5,7-10H,4,6,14H2,1-3H3,(H,16,17). The molecule has 0 fully saturated rings. The molecule has 2 atom stereocenters. The molecule has 1 heterocycles. The van der Waals surface area contributed by atoms with Crippen LogP contribution in [0.5, 0.6) is 0 Å². The van der Waals surface area contributed by atoms with Gasteiger partial charge in [0.2, 0.25) is 15.7 Å². The zero-order valence-electron chi connectivity index (χ0n) is 12.0. The Morgan fingerprint density at radius 1 is 1.45 bits per heavy atom. The number of aromatic nitrogens is 1. The van der Waals surface area contributed by atoms with Crippen LogP contribution in [0.4, 0.5) is 5.69 Å². The van der Waals surface area contributed by atoms with Gasteiger partial charge < -0.3 is 11.1 Å². The Hall–Kier alpha value is -1.63. The van der Waals surface area contributed by atoms with Crippen molar-refractivity contribution >= 4 is 21.4 Å². The Morgan fingerprint density at radius 2 is 2.10 bits per heavy atom. The van der Waals surface area contributed by atoms with Crippen LogP contribution in [0.2, 0.25) is 0 Å². The second-order valence-corrected chi connectivity index (χ2v) is 6.97. The first-order chi connectivity index (χ1) is 9.30. The molecular weight excluding hydrogens is 278 g/mol. The van der Waals surface area contributed by atoms with Crippen molar-refractivity contribution in [3.63, 3.8) is 0 Å². The van der Waals surface area contributed by atoms with Crippen molar-refractivity contribution in [1.82, 2.24) is 10.3 Å². The lowest BCUT2D eigenvalue weighted by molar-refractivity contribution is -0.121. The van der Waals surface area contributed by atoms with Crippen LogP contribution in [-0.4, -0.2) is 30.6 Å². The third-order valence-electron chi connectivity index (χ3n) is 3.02. The van der Waals surface area contributed by atoms with Crippen LogP contribution in [0.25, 0.3) is 0 Å². The number of nitrogens with two attached hydrogens (primary N) is 1. The van der Waals surface area contributed by atoms with Crippen LogP contribution in [0.3, 0.4) is 0 Å². The van der Waals surface area contributed by atoms with Gasteiger partial charge in [0.05, 0.1) is 5.69 Å². The minimum atomic E-state index is -3.88. The summed E-state index contributed by atoms with van der Waals surface area (Å²) in [6.07, 6.45) is 3.05. The highest BCUT2D eigenvalue weighted by Gasteiger charge is 2.32. The van der Waals surface area contributed by atoms with E-state index in [-0.39, 0.29) is 16.8 Å². The number of nitrogens with zero attached hydrogens (tertiary/aromatic N) is 1. The van der Waals surface area contributed by atoms with E-state index < -0.39 is 21.0 Å². The average molecular weight is 299 g/mol. The van der Waals surface area contributed by atoms with E-state index in [1.54, 1.807) is 6.07 Å². The SMILES string of the molecule is CCCC(C)NC(=O)C(C)S(=O)(=O)c1ncccc1N. The van der Waals surface area contributed by atoms with Gasteiger partial charge in [-0.25, -0.2) is 13.4 Å².